The minimum atomic E-state index is -0.0498. The quantitative estimate of drug-likeness (QED) is 0.691. The summed E-state index contributed by atoms with van der Waals surface area (Å²) in [5.41, 5.74) is 1.02. The van der Waals surface area contributed by atoms with E-state index in [1.165, 1.54) is 0 Å². The van der Waals surface area contributed by atoms with E-state index in [1.807, 2.05) is 39.0 Å². The molecule has 4 heteroatoms. The number of carbonyl (C=O) groups excluding carboxylic acids is 1. The lowest BCUT2D eigenvalue weighted by molar-refractivity contribution is -0.122. The van der Waals surface area contributed by atoms with Crippen molar-refractivity contribution in [3.05, 3.63) is 23.8 Å². The van der Waals surface area contributed by atoms with E-state index < -0.39 is 0 Å². The van der Waals surface area contributed by atoms with Crippen molar-refractivity contribution < 1.29 is 14.3 Å². The summed E-state index contributed by atoms with van der Waals surface area (Å²) >= 11 is 0. The summed E-state index contributed by atoms with van der Waals surface area (Å²) < 4.78 is 11.2. The van der Waals surface area contributed by atoms with E-state index in [-0.39, 0.29) is 11.9 Å². The highest BCUT2D eigenvalue weighted by Crippen LogP contribution is 2.30. The number of ether oxygens (including phenoxy) is 2. The van der Waals surface area contributed by atoms with E-state index in [9.17, 15) is 4.79 Å². The van der Waals surface area contributed by atoms with Gasteiger partial charge in [0.1, 0.15) is 0 Å². The molecule has 0 heterocycles. The minimum absolute atomic E-state index is 0.0498. The second-order valence-electron chi connectivity index (χ2n) is 5.96. The summed E-state index contributed by atoms with van der Waals surface area (Å²) in [5, 5.41) is 3.07. The molecule has 0 aliphatic heterocycles. The molecule has 0 bridgehead atoms. The monoisotopic (exact) mass is 321 g/mol. The number of amides is 1. The molecule has 23 heavy (non-hydrogen) atoms. The van der Waals surface area contributed by atoms with Gasteiger partial charge in [0.15, 0.2) is 11.5 Å². The van der Waals surface area contributed by atoms with Crippen molar-refractivity contribution in [3.8, 4) is 11.5 Å². The van der Waals surface area contributed by atoms with Crippen LogP contribution in [0.1, 0.15) is 65.5 Å². The Morgan fingerprint density at radius 2 is 1.74 bits per heavy atom. The molecular formula is C19H31NO3. The molecule has 2 atom stereocenters. The standard InChI is InChI=1S/C19H31NO3/c1-6-9-14(4)12-19(21)20-15(5)16-10-11-17(22-7-2)18(13-16)23-8-3/h10-11,13-15H,6-9,12H2,1-5H3,(H,20,21). The summed E-state index contributed by atoms with van der Waals surface area (Å²) in [6.45, 7) is 11.3. The predicted molar refractivity (Wildman–Crippen MR) is 94.0 cm³/mol. The summed E-state index contributed by atoms with van der Waals surface area (Å²) in [6, 6.07) is 5.79. The third kappa shape index (κ3) is 6.51. The maximum atomic E-state index is 12.1. The number of hydrogen-bond donors (Lipinski definition) is 1. The zero-order chi connectivity index (χ0) is 17.2. The van der Waals surface area contributed by atoms with E-state index in [1.54, 1.807) is 0 Å². The lowest BCUT2D eigenvalue weighted by Crippen LogP contribution is -2.28. The first-order chi connectivity index (χ1) is 11.0. The van der Waals surface area contributed by atoms with Crippen LogP contribution in [0.25, 0.3) is 0 Å². The van der Waals surface area contributed by atoms with Crippen molar-refractivity contribution in [2.45, 2.75) is 59.9 Å². The van der Waals surface area contributed by atoms with Crippen LogP contribution < -0.4 is 14.8 Å². The van der Waals surface area contributed by atoms with Gasteiger partial charge in [-0.3, -0.25) is 4.79 Å². The molecule has 0 aromatic heterocycles. The van der Waals surface area contributed by atoms with Crippen LogP contribution in [0.15, 0.2) is 18.2 Å². The average molecular weight is 321 g/mol. The van der Waals surface area contributed by atoms with E-state index >= 15 is 0 Å². The van der Waals surface area contributed by atoms with Crippen LogP contribution in [0.3, 0.4) is 0 Å². The van der Waals surface area contributed by atoms with Crippen molar-refractivity contribution in [2.75, 3.05) is 13.2 Å². The van der Waals surface area contributed by atoms with Crippen molar-refractivity contribution in [1.82, 2.24) is 5.32 Å². The van der Waals surface area contributed by atoms with Gasteiger partial charge in [-0.1, -0.05) is 32.8 Å². The molecule has 0 spiro atoms. The molecule has 1 aromatic rings. The molecule has 2 unspecified atom stereocenters. The first-order valence-corrected chi connectivity index (χ1v) is 8.70. The van der Waals surface area contributed by atoms with Crippen molar-refractivity contribution in [2.24, 2.45) is 5.92 Å². The summed E-state index contributed by atoms with van der Waals surface area (Å²) in [4.78, 5) is 12.1. The molecule has 0 radical (unpaired) electrons. The van der Waals surface area contributed by atoms with Gasteiger partial charge in [-0.15, -0.1) is 0 Å². The van der Waals surface area contributed by atoms with E-state index in [0.29, 0.717) is 25.6 Å². The van der Waals surface area contributed by atoms with Crippen LogP contribution in [0, 0.1) is 5.92 Å². The number of rotatable bonds is 10. The summed E-state index contributed by atoms with van der Waals surface area (Å²) in [7, 11) is 0. The van der Waals surface area contributed by atoms with Crippen LogP contribution in [0.2, 0.25) is 0 Å². The molecule has 0 fully saturated rings. The number of hydrogen-bond acceptors (Lipinski definition) is 3. The van der Waals surface area contributed by atoms with Crippen LogP contribution >= 0.6 is 0 Å². The highest BCUT2D eigenvalue weighted by molar-refractivity contribution is 5.76. The van der Waals surface area contributed by atoms with Gasteiger partial charge in [0.05, 0.1) is 19.3 Å². The fourth-order valence-corrected chi connectivity index (χ4v) is 2.63. The molecule has 0 aliphatic rings. The third-order valence-corrected chi connectivity index (χ3v) is 3.76. The highest BCUT2D eigenvalue weighted by Gasteiger charge is 2.15. The smallest absolute Gasteiger partial charge is 0.220 e. The predicted octanol–water partition coefficient (Wildman–Crippen LogP) is 4.49. The van der Waals surface area contributed by atoms with E-state index in [0.717, 1.165) is 29.9 Å². The highest BCUT2D eigenvalue weighted by atomic mass is 16.5. The SMILES string of the molecule is CCCC(C)CC(=O)NC(C)c1ccc(OCC)c(OCC)c1. The maximum absolute atomic E-state index is 12.1. The van der Waals surface area contributed by atoms with Gasteiger partial charge >= 0.3 is 0 Å². The Kier molecular flexibility index (Phi) is 8.52. The van der Waals surface area contributed by atoms with Gasteiger partial charge in [-0.05, 0) is 44.4 Å². The van der Waals surface area contributed by atoms with Gasteiger partial charge in [-0.2, -0.15) is 0 Å². The fourth-order valence-electron chi connectivity index (χ4n) is 2.63. The van der Waals surface area contributed by atoms with Crippen LogP contribution in [0.5, 0.6) is 11.5 Å². The van der Waals surface area contributed by atoms with Gasteiger partial charge in [0.25, 0.3) is 0 Å². The Balaban J connectivity index is 2.73. The summed E-state index contributed by atoms with van der Waals surface area (Å²) in [5.74, 6) is 2.00. The van der Waals surface area contributed by atoms with Gasteiger partial charge in [-0.25, -0.2) is 0 Å². The second-order valence-corrected chi connectivity index (χ2v) is 5.96. The lowest BCUT2D eigenvalue weighted by atomic mass is 10.0. The second kappa shape index (κ2) is 10.1. The Morgan fingerprint density at radius 3 is 2.35 bits per heavy atom. The average Bonchev–Trinajstić information content (AvgIpc) is 2.49. The Labute approximate surface area is 140 Å². The van der Waals surface area contributed by atoms with Crippen LogP contribution in [0.4, 0.5) is 0 Å². The van der Waals surface area contributed by atoms with Crippen molar-refractivity contribution in [1.29, 1.82) is 0 Å². The Hall–Kier alpha value is -1.71. The first-order valence-electron chi connectivity index (χ1n) is 8.70. The fraction of sp³-hybridized carbons (Fsp3) is 0.632. The van der Waals surface area contributed by atoms with E-state index in [2.05, 4.69) is 19.2 Å². The molecule has 1 N–H and O–H groups in total. The van der Waals surface area contributed by atoms with E-state index in [4.69, 9.17) is 9.47 Å². The minimum Gasteiger partial charge on any atom is -0.490 e. The van der Waals surface area contributed by atoms with Crippen LogP contribution in [-0.2, 0) is 4.79 Å². The maximum Gasteiger partial charge on any atom is 0.220 e. The largest absolute Gasteiger partial charge is 0.490 e. The van der Waals surface area contributed by atoms with Crippen LogP contribution in [-0.4, -0.2) is 19.1 Å². The zero-order valence-corrected chi connectivity index (χ0v) is 15.1. The number of benzene rings is 1. The lowest BCUT2D eigenvalue weighted by Gasteiger charge is -2.18. The molecule has 0 saturated carbocycles. The zero-order valence-electron chi connectivity index (χ0n) is 15.1. The molecule has 0 aliphatic carbocycles. The molecule has 0 saturated heterocycles. The van der Waals surface area contributed by atoms with Gasteiger partial charge < -0.3 is 14.8 Å². The normalized spacial score (nSPS) is 13.3. The Bertz CT molecular complexity index is 488. The number of nitrogens with one attached hydrogen (secondary N) is 1. The van der Waals surface area contributed by atoms with Crippen molar-refractivity contribution in [3.63, 3.8) is 0 Å². The third-order valence-electron chi connectivity index (χ3n) is 3.76. The molecule has 130 valence electrons. The van der Waals surface area contributed by atoms with Gasteiger partial charge in [0, 0.05) is 6.42 Å². The summed E-state index contributed by atoms with van der Waals surface area (Å²) in [6.07, 6.45) is 2.77. The van der Waals surface area contributed by atoms with Gasteiger partial charge in [0.2, 0.25) is 5.91 Å². The molecule has 1 aromatic carbocycles. The Morgan fingerprint density at radius 1 is 1.09 bits per heavy atom. The molecule has 4 nitrogen and oxygen atoms in total. The molecule has 1 amide bonds. The first kappa shape index (κ1) is 19.3. The van der Waals surface area contributed by atoms with Crippen molar-refractivity contribution >= 4 is 5.91 Å². The molecular weight excluding hydrogens is 290 g/mol. The molecule has 1 rings (SSSR count). The topological polar surface area (TPSA) is 47.6 Å². The number of carbonyl (C=O) groups is 1.